The molecule has 1 amide bonds. The molecule has 204 valence electrons. The number of fused-ring (bicyclic) bond motifs is 3. The molecule has 5 rings (SSSR count). The summed E-state index contributed by atoms with van der Waals surface area (Å²) < 4.78 is 13.1. The molecule has 0 radical (unpaired) electrons. The number of carbonyl (C=O) groups is 2. The third-order valence-corrected chi connectivity index (χ3v) is 7.64. The number of rotatable bonds is 7. The van der Waals surface area contributed by atoms with Crippen molar-refractivity contribution >= 4 is 29.1 Å². The second kappa shape index (κ2) is 12.3. The van der Waals surface area contributed by atoms with E-state index in [-0.39, 0.29) is 24.1 Å². The average Bonchev–Trinajstić information content (AvgIpc) is 3.59. The molecule has 2 aliphatic rings. The van der Waals surface area contributed by atoms with Crippen LogP contribution in [0, 0.1) is 0 Å². The predicted octanol–water partition coefficient (Wildman–Crippen LogP) is 2.25. The number of hydrogen-bond donors (Lipinski definition) is 0. The van der Waals surface area contributed by atoms with Gasteiger partial charge in [0, 0.05) is 63.2 Å². The zero-order valence-electron chi connectivity index (χ0n) is 22.6. The number of carbonyl (C=O) groups excluding carboxylic acids is 2. The number of imidazole rings is 1. The number of likely N-dealkylation sites (N-methyl/N-ethyl adjacent to an activating group) is 1. The maximum atomic E-state index is 13.3. The van der Waals surface area contributed by atoms with Crippen LogP contribution in [0.15, 0.2) is 41.3 Å². The van der Waals surface area contributed by atoms with Crippen LogP contribution in [0.1, 0.15) is 31.2 Å². The molecule has 0 spiro atoms. The number of aromatic nitrogens is 3. The first-order valence-electron chi connectivity index (χ1n) is 13.0. The molecule has 0 N–H and O–H groups in total. The number of amides is 1. The summed E-state index contributed by atoms with van der Waals surface area (Å²) in [6.45, 7) is 4.66. The minimum Gasteiger partial charge on any atom is -0.471 e. The molecule has 10 nitrogen and oxygen atoms in total. The molecular formula is C28H37N5O5. The van der Waals surface area contributed by atoms with Gasteiger partial charge in [0.15, 0.2) is 0 Å². The first-order valence-corrected chi connectivity index (χ1v) is 13.0. The summed E-state index contributed by atoms with van der Waals surface area (Å²) in [5, 5.41) is 0. The fourth-order valence-corrected chi connectivity index (χ4v) is 5.16. The number of anilines is 1. The topological polar surface area (TPSA) is 98.9 Å². The fourth-order valence-electron chi connectivity index (χ4n) is 5.16. The number of nitrogens with zero attached hydrogens (tertiary/aromatic N) is 5. The van der Waals surface area contributed by atoms with E-state index >= 15 is 0 Å². The summed E-state index contributed by atoms with van der Waals surface area (Å²) in [5.41, 5.74) is 4.40. The van der Waals surface area contributed by atoms with Gasteiger partial charge in [-0.1, -0.05) is 6.07 Å². The average molecular weight is 524 g/mol. The lowest BCUT2D eigenvalue weighted by Crippen LogP contribution is -2.39. The summed E-state index contributed by atoms with van der Waals surface area (Å²) in [5.74, 6) is 0.890. The van der Waals surface area contributed by atoms with Gasteiger partial charge >= 0.3 is 0 Å². The van der Waals surface area contributed by atoms with Crippen molar-refractivity contribution < 1.29 is 19.1 Å². The molecule has 0 saturated carbocycles. The maximum Gasteiger partial charge on any atom is 0.292 e. The number of benzene rings is 1. The highest BCUT2D eigenvalue weighted by Gasteiger charge is 2.27. The molecule has 1 saturated heterocycles. The van der Waals surface area contributed by atoms with Crippen LogP contribution < -0.4 is 10.5 Å². The molecular weight excluding hydrogens is 486 g/mol. The van der Waals surface area contributed by atoms with Crippen molar-refractivity contribution in [1.82, 2.24) is 19.0 Å². The summed E-state index contributed by atoms with van der Waals surface area (Å²) in [6, 6.07) is 10.0. The molecule has 10 heteroatoms. The third kappa shape index (κ3) is 5.75. The highest BCUT2D eigenvalue weighted by Crippen LogP contribution is 2.35. The molecule has 38 heavy (non-hydrogen) atoms. The molecule has 2 aromatic heterocycles. The largest absolute Gasteiger partial charge is 0.471 e. The van der Waals surface area contributed by atoms with Gasteiger partial charge in [0.05, 0.1) is 30.8 Å². The van der Waals surface area contributed by atoms with Crippen LogP contribution in [0.4, 0.5) is 5.69 Å². The normalized spacial score (nSPS) is 18.5. The molecule has 0 bridgehead atoms. The van der Waals surface area contributed by atoms with Crippen molar-refractivity contribution in [3.63, 3.8) is 0 Å². The van der Waals surface area contributed by atoms with Crippen molar-refractivity contribution in [2.24, 2.45) is 0 Å². The van der Waals surface area contributed by atoms with Crippen LogP contribution in [-0.2, 0) is 45.0 Å². The first kappa shape index (κ1) is 27.4. The van der Waals surface area contributed by atoms with Crippen molar-refractivity contribution in [3.8, 4) is 0 Å². The summed E-state index contributed by atoms with van der Waals surface area (Å²) in [6.07, 6.45) is 5.29. The fraction of sp³-hybridized carbons (Fsp3) is 0.500. The zero-order valence-corrected chi connectivity index (χ0v) is 22.6. The Morgan fingerprint density at radius 3 is 2.74 bits per heavy atom. The quantitative estimate of drug-likeness (QED) is 0.438. The molecule has 2 aliphatic heterocycles. The van der Waals surface area contributed by atoms with E-state index in [0.717, 1.165) is 36.1 Å². The minimum absolute atomic E-state index is 0.0322. The minimum atomic E-state index is -0.0322. The van der Waals surface area contributed by atoms with E-state index in [9.17, 15) is 9.59 Å². The van der Waals surface area contributed by atoms with Crippen molar-refractivity contribution in [2.45, 2.75) is 57.8 Å². The Balaban J connectivity index is 0.000000786. The van der Waals surface area contributed by atoms with Gasteiger partial charge in [-0.25, -0.2) is 4.98 Å². The van der Waals surface area contributed by atoms with Gasteiger partial charge in [-0.05, 0) is 44.4 Å². The molecule has 2 unspecified atom stereocenters. The SMILES string of the molecule is CC1CCc2c(ccc3c2nc(CCn2ccccc2=O)n3CC(=O)N(C)C2CCOC2)N1C.COC=O. The van der Waals surface area contributed by atoms with Gasteiger partial charge in [0.1, 0.15) is 12.4 Å². The van der Waals surface area contributed by atoms with Crippen LogP contribution >= 0.6 is 0 Å². The second-order valence-electron chi connectivity index (χ2n) is 9.88. The smallest absolute Gasteiger partial charge is 0.292 e. The van der Waals surface area contributed by atoms with E-state index in [4.69, 9.17) is 14.5 Å². The van der Waals surface area contributed by atoms with Gasteiger partial charge in [0.25, 0.3) is 12.0 Å². The lowest BCUT2D eigenvalue weighted by atomic mass is 9.96. The predicted molar refractivity (Wildman–Crippen MR) is 145 cm³/mol. The second-order valence-corrected chi connectivity index (χ2v) is 9.88. The van der Waals surface area contributed by atoms with E-state index in [0.29, 0.717) is 38.7 Å². The van der Waals surface area contributed by atoms with Crippen molar-refractivity contribution in [2.75, 3.05) is 39.3 Å². The van der Waals surface area contributed by atoms with Crippen molar-refractivity contribution in [3.05, 3.63) is 58.3 Å². The van der Waals surface area contributed by atoms with E-state index in [1.54, 1.807) is 22.9 Å². The molecule has 0 aliphatic carbocycles. The van der Waals surface area contributed by atoms with Crippen molar-refractivity contribution in [1.29, 1.82) is 0 Å². The third-order valence-electron chi connectivity index (χ3n) is 7.64. The van der Waals surface area contributed by atoms with E-state index < -0.39 is 0 Å². The Hall–Kier alpha value is -3.66. The molecule has 1 fully saturated rings. The molecule has 1 aromatic carbocycles. The van der Waals surface area contributed by atoms with Crippen LogP contribution in [-0.4, -0.2) is 77.9 Å². The number of hydrogen-bond acceptors (Lipinski definition) is 7. The monoisotopic (exact) mass is 523 g/mol. The Bertz CT molecular complexity index is 1330. The van der Waals surface area contributed by atoms with E-state index in [2.05, 4.69) is 40.3 Å². The van der Waals surface area contributed by atoms with Crippen LogP contribution in [0.3, 0.4) is 0 Å². The Morgan fingerprint density at radius 1 is 1.26 bits per heavy atom. The maximum absolute atomic E-state index is 13.3. The van der Waals surface area contributed by atoms with Crippen LogP contribution in [0.2, 0.25) is 0 Å². The van der Waals surface area contributed by atoms with Gasteiger partial charge < -0.3 is 28.4 Å². The molecule has 3 aromatic rings. The first-order chi connectivity index (χ1) is 18.3. The number of pyridine rings is 1. The number of methoxy groups -OCH3 is 1. The van der Waals surface area contributed by atoms with Gasteiger partial charge in [-0.2, -0.15) is 0 Å². The van der Waals surface area contributed by atoms with Crippen LogP contribution in [0.5, 0.6) is 0 Å². The van der Waals surface area contributed by atoms with E-state index in [1.165, 1.54) is 18.4 Å². The zero-order chi connectivity index (χ0) is 27.2. The lowest BCUT2D eigenvalue weighted by molar-refractivity contribution is -0.132. The Kier molecular flexibility index (Phi) is 8.83. The lowest BCUT2D eigenvalue weighted by Gasteiger charge is -2.33. The van der Waals surface area contributed by atoms with E-state index in [1.807, 2.05) is 18.0 Å². The highest BCUT2D eigenvalue weighted by molar-refractivity contribution is 5.88. The van der Waals surface area contributed by atoms with Gasteiger partial charge in [-0.3, -0.25) is 14.4 Å². The highest BCUT2D eigenvalue weighted by atomic mass is 16.5. The number of ether oxygens (including phenoxy) is 2. The van der Waals surface area contributed by atoms with Gasteiger partial charge in [0.2, 0.25) is 5.91 Å². The van der Waals surface area contributed by atoms with Gasteiger partial charge in [-0.15, -0.1) is 0 Å². The van der Waals surface area contributed by atoms with Crippen LogP contribution in [0.25, 0.3) is 11.0 Å². The summed E-state index contributed by atoms with van der Waals surface area (Å²) in [7, 11) is 5.31. The summed E-state index contributed by atoms with van der Waals surface area (Å²) >= 11 is 0. The molecule has 4 heterocycles. The Morgan fingerprint density at radius 2 is 2.05 bits per heavy atom. The number of aryl methyl sites for hydroxylation is 3. The summed E-state index contributed by atoms with van der Waals surface area (Å²) in [4.78, 5) is 43.6. The Labute approximate surface area is 222 Å². The standard InChI is InChI=1S/C26H33N5O3.C2H4O2/c1-18-7-8-20-21(28(18)2)9-10-22-26(20)27-23(11-14-30-13-5-4-6-24(30)32)31(22)16-25(33)29(3)19-12-15-34-17-19;1-4-2-3/h4-6,9-10,13,18-19H,7-8,11-12,14-17H2,1-3H3;2H,1H3. The molecule has 2 atom stereocenters.